The van der Waals surface area contributed by atoms with Gasteiger partial charge >= 0.3 is 0 Å². The zero-order valence-electron chi connectivity index (χ0n) is 12.0. The lowest BCUT2D eigenvalue weighted by Crippen LogP contribution is -2.49. The molecular formula is C14H18FNO4S. The third-order valence-corrected chi connectivity index (χ3v) is 4.88. The number of carbonyl (C=O) groups excluding carboxylic acids is 1. The van der Waals surface area contributed by atoms with Crippen molar-refractivity contribution in [3.8, 4) is 0 Å². The molecule has 1 saturated heterocycles. The van der Waals surface area contributed by atoms with E-state index < -0.39 is 27.3 Å². The van der Waals surface area contributed by atoms with Gasteiger partial charge in [-0.3, -0.25) is 4.79 Å². The van der Waals surface area contributed by atoms with Crippen LogP contribution in [0.3, 0.4) is 0 Å². The molecule has 1 heterocycles. The summed E-state index contributed by atoms with van der Waals surface area (Å²) in [5.41, 5.74) is 0. The molecule has 1 fully saturated rings. The topological polar surface area (TPSA) is 63.7 Å². The largest absolute Gasteiger partial charge is 0.372 e. The van der Waals surface area contributed by atoms with Crippen molar-refractivity contribution in [2.75, 3.05) is 18.8 Å². The van der Waals surface area contributed by atoms with Gasteiger partial charge < -0.3 is 9.64 Å². The second kappa shape index (κ2) is 6.11. The van der Waals surface area contributed by atoms with Crippen LogP contribution in [0.1, 0.15) is 13.8 Å². The zero-order chi connectivity index (χ0) is 15.6. The lowest BCUT2D eigenvalue weighted by molar-refractivity contribution is -0.140. The minimum absolute atomic E-state index is 0.0494. The predicted molar refractivity (Wildman–Crippen MR) is 75.0 cm³/mol. The molecule has 1 amide bonds. The van der Waals surface area contributed by atoms with Crippen molar-refractivity contribution in [3.63, 3.8) is 0 Å². The summed E-state index contributed by atoms with van der Waals surface area (Å²) in [6.45, 7) is 4.43. The molecule has 7 heteroatoms. The molecule has 2 unspecified atom stereocenters. The Labute approximate surface area is 123 Å². The highest BCUT2D eigenvalue weighted by atomic mass is 32.2. The van der Waals surface area contributed by atoms with Gasteiger partial charge in [0, 0.05) is 13.1 Å². The summed E-state index contributed by atoms with van der Waals surface area (Å²) in [6, 6.07) is 4.47. The molecule has 1 aromatic carbocycles. The summed E-state index contributed by atoms with van der Waals surface area (Å²) in [5, 5.41) is 0. The summed E-state index contributed by atoms with van der Waals surface area (Å²) in [7, 11) is -3.76. The number of sulfone groups is 1. The highest BCUT2D eigenvalue weighted by molar-refractivity contribution is 7.92. The van der Waals surface area contributed by atoms with Crippen molar-refractivity contribution in [3.05, 3.63) is 30.1 Å². The van der Waals surface area contributed by atoms with Gasteiger partial charge in [0.25, 0.3) is 0 Å². The third kappa shape index (κ3) is 4.01. The van der Waals surface area contributed by atoms with Gasteiger partial charge in [-0.05, 0) is 38.1 Å². The number of morpholine rings is 1. The molecular weight excluding hydrogens is 297 g/mol. The van der Waals surface area contributed by atoms with E-state index in [1.807, 2.05) is 13.8 Å². The van der Waals surface area contributed by atoms with Crippen LogP contribution in [0.5, 0.6) is 0 Å². The van der Waals surface area contributed by atoms with Crippen molar-refractivity contribution in [1.82, 2.24) is 4.90 Å². The monoisotopic (exact) mass is 315 g/mol. The van der Waals surface area contributed by atoms with E-state index in [1.54, 1.807) is 0 Å². The number of halogens is 1. The van der Waals surface area contributed by atoms with Crippen LogP contribution in [-0.2, 0) is 19.4 Å². The zero-order valence-corrected chi connectivity index (χ0v) is 12.8. The van der Waals surface area contributed by atoms with E-state index in [1.165, 1.54) is 17.0 Å². The van der Waals surface area contributed by atoms with Crippen LogP contribution in [0.2, 0.25) is 0 Å². The highest BCUT2D eigenvalue weighted by Crippen LogP contribution is 2.15. The van der Waals surface area contributed by atoms with E-state index in [0.29, 0.717) is 13.1 Å². The van der Waals surface area contributed by atoms with Crippen molar-refractivity contribution in [1.29, 1.82) is 0 Å². The van der Waals surface area contributed by atoms with E-state index >= 15 is 0 Å². The van der Waals surface area contributed by atoms with Crippen LogP contribution >= 0.6 is 0 Å². The minimum atomic E-state index is -3.76. The molecule has 0 saturated carbocycles. The van der Waals surface area contributed by atoms with Gasteiger partial charge in [-0.2, -0.15) is 0 Å². The molecule has 2 rings (SSSR count). The standard InChI is InChI=1S/C14H18FNO4S/c1-10-7-16(8-11(2)20-10)14(17)9-21(18,19)13-5-3-12(15)4-6-13/h3-6,10-11H,7-9H2,1-2H3. The first-order valence-corrected chi connectivity index (χ1v) is 8.35. The van der Waals surface area contributed by atoms with Crippen molar-refractivity contribution < 1.29 is 22.3 Å². The normalized spacial score (nSPS) is 23.1. The Kier molecular flexibility index (Phi) is 4.63. The van der Waals surface area contributed by atoms with Crippen LogP contribution in [0.25, 0.3) is 0 Å². The molecule has 0 N–H and O–H groups in total. The number of hydrogen-bond donors (Lipinski definition) is 0. The van der Waals surface area contributed by atoms with Crippen LogP contribution in [0, 0.1) is 5.82 Å². The van der Waals surface area contributed by atoms with Crippen LogP contribution in [0.4, 0.5) is 4.39 Å². The third-order valence-electron chi connectivity index (χ3n) is 3.26. The summed E-state index contributed by atoms with van der Waals surface area (Å²) in [4.78, 5) is 13.6. The molecule has 1 aromatic rings. The molecule has 2 atom stereocenters. The summed E-state index contributed by atoms with van der Waals surface area (Å²) in [5.74, 6) is -1.59. The Bertz CT molecular complexity index is 604. The molecule has 116 valence electrons. The van der Waals surface area contributed by atoms with Gasteiger partial charge in [0.1, 0.15) is 11.6 Å². The van der Waals surface area contributed by atoms with Gasteiger partial charge in [-0.1, -0.05) is 0 Å². The van der Waals surface area contributed by atoms with Crippen molar-refractivity contribution in [2.24, 2.45) is 0 Å². The second-order valence-corrected chi connectivity index (χ2v) is 7.26. The number of nitrogens with zero attached hydrogens (tertiary/aromatic N) is 1. The maximum atomic E-state index is 12.8. The smallest absolute Gasteiger partial charge is 0.238 e. The molecule has 0 bridgehead atoms. The predicted octanol–water partition coefficient (Wildman–Crippen LogP) is 1.24. The summed E-state index contributed by atoms with van der Waals surface area (Å²) in [6.07, 6.45) is -0.238. The molecule has 0 radical (unpaired) electrons. The number of amides is 1. The van der Waals surface area contributed by atoms with Gasteiger partial charge in [-0.25, -0.2) is 12.8 Å². The van der Waals surface area contributed by atoms with Gasteiger partial charge in [0.15, 0.2) is 9.84 Å². The second-order valence-electron chi connectivity index (χ2n) is 5.27. The molecule has 0 aliphatic carbocycles. The fraction of sp³-hybridized carbons (Fsp3) is 0.500. The molecule has 5 nitrogen and oxygen atoms in total. The Morgan fingerprint density at radius 1 is 1.24 bits per heavy atom. The molecule has 1 aliphatic heterocycles. The SMILES string of the molecule is CC1CN(C(=O)CS(=O)(=O)c2ccc(F)cc2)CC(C)O1. The Hall–Kier alpha value is -1.47. The van der Waals surface area contributed by atoms with E-state index in [2.05, 4.69) is 0 Å². The number of ether oxygens (including phenoxy) is 1. The fourth-order valence-corrected chi connectivity index (χ4v) is 3.59. The van der Waals surface area contributed by atoms with Crippen molar-refractivity contribution in [2.45, 2.75) is 31.0 Å². The van der Waals surface area contributed by atoms with Gasteiger partial charge in [-0.15, -0.1) is 0 Å². The quantitative estimate of drug-likeness (QED) is 0.787. The van der Waals surface area contributed by atoms with Crippen LogP contribution in [-0.4, -0.2) is 50.3 Å². The summed E-state index contributed by atoms with van der Waals surface area (Å²) < 4.78 is 42.7. The van der Waals surface area contributed by atoms with E-state index in [0.717, 1.165) is 12.1 Å². The average Bonchev–Trinajstić information content (AvgIpc) is 2.37. The Morgan fingerprint density at radius 3 is 2.29 bits per heavy atom. The van der Waals surface area contributed by atoms with Gasteiger partial charge in [0.05, 0.1) is 17.1 Å². The Balaban J connectivity index is 2.09. The molecule has 0 spiro atoms. The van der Waals surface area contributed by atoms with E-state index in [9.17, 15) is 17.6 Å². The molecule has 21 heavy (non-hydrogen) atoms. The van der Waals surface area contributed by atoms with E-state index in [4.69, 9.17) is 4.74 Å². The van der Waals surface area contributed by atoms with Crippen molar-refractivity contribution >= 4 is 15.7 Å². The molecule has 0 aromatic heterocycles. The number of hydrogen-bond acceptors (Lipinski definition) is 4. The molecule has 1 aliphatic rings. The Morgan fingerprint density at radius 2 is 1.76 bits per heavy atom. The first-order valence-electron chi connectivity index (χ1n) is 6.69. The van der Waals surface area contributed by atoms with E-state index in [-0.39, 0.29) is 17.1 Å². The summed E-state index contributed by atoms with van der Waals surface area (Å²) >= 11 is 0. The lowest BCUT2D eigenvalue weighted by Gasteiger charge is -2.35. The number of carbonyl (C=O) groups is 1. The average molecular weight is 315 g/mol. The number of rotatable bonds is 3. The van der Waals surface area contributed by atoms with Gasteiger partial charge in [0.2, 0.25) is 5.91 Å². The maximum absolute atomic E-state index is 12.8. The van der Waals surface area contributed by atoms with Crippen LogP contribution in [0.15, 0.2) is 29.2 Å². The maximum Gasteiger partial charge on any atom is 0.238 e. The number of benzene rings is 1. The lowest BCUT2D eigenvalue weighted by atomic mass is 10.2. The van der Waals surface area contributed by atoms with Crippen LogP contribution < -0.4 is 0 Å². The first-order chi connectivity index (χ1) is 9.78. The fourth-order valence-electron chi connectivity index (χ4n) is 2.36. The minimum Gasteiger partial charge on any atom is -0.372 e. The first kappa shape index (κ1) is 15.9. The highest BCUT2D eigenvalue weighted by Gasteiger charge is 2.29.